The minimum Gasteiger partial charge on any atom is -0.486 e. The van der Waals surface area contributed by atoms with Gasteiger partial charge in [0.05, 0.1) is 0 Å². The quantitative estimate of drug-likeness (QED) is 0.718. The number of halogens is 1. The normalized spacial score (nSPS) is 9.57. The molecule has 0 saturated carbocycles. The maximum Gasteiger partial charge on any atom is 0.172 e. The van der Waals surface area contributed by atoms with Crippen LogP contribution < -0.4 is 4.74 Å². The largest absolute Gasteiger partial charge is 0.486 e. The summed E-state index contributed by atoms with van der Waals surface area (Å²) in [6.07, 6.45) is 0.652. The zero-order valence-corrected chi connectivity index (χ0v) is 8.54. The number of hydrogen-bond acceptors (Lipinski definition) is 3. The first-order valence-corrected chi connectivity index (χ1v) is 4.40. The maximum atomic E-state index is 10.6. The van der Waals surface area contributed by atoms with Gasteiger partial charge in [0.15, 0.2) is 6.29 Å². The number of carbonyl (C=O) groups excluding carboxylic acids is 1. The molecule has 0 aromatic carbocycles. The monoisotopic (exact) mass is 211 g/mol. The summed E-state index contributed by atoms with van der Waals surface area (Å²) in [5.74, 6) is 0.424. The Morgan fingerprint density at radius 3 is 3.00 bits per heavy atom. The highest BCUT2D eigenvalue weighted by Crippen LogP contribution is 2.16. The van der Waals surface area contributed by atoms with Gasteiger partial charge in [-0.15, -0.1) is 0 Å². The number of nitrogens with zero attached hydrogens (tertiary/aromatic N) is 1. The molecule has 0 saturated heterocycles. The first-order chi connectivity index (χ1) is 6.63. The molecule has 3 nitrogen and oxygen atoms in total. The van der Waals surface area contributed by atoms with E-state index in [-0.39, 0.29) is 12.3 Å². The summed E-state index contributed by atoms with van der Waals surface area (Å²) in [6, 6.07) is 3.45. The van der Waals surface area contributed by atoms with Gasteiger partial charge in [0.2, 0.25) is 0 Å². The lowest BCUT2D eigenvalue weighted by Crippen LogP contribution is -2.01. The van der Waals surface area contributed by atoms with E-state index in [0.29, 0.717) is 17.1 Å². The van der Waals surface area contributed by atoms with Crippen LogP contribution in [-0.4, -0.2) is 17.9 Å². The molecule has 0 aliphatic carbocycles. The number of hydrogen-bond donors (Lipinski definition) is 0. The number of ether oxygens (including phenoxy) is 1. The van der Waals surface area contributed by atoms with E-state index in [9.17, 15) is 4.79 Å². The number of rotatable bonds is 4. The fraction of sp³-hybridized carbons (Fsp3) is 0.200. The van der Waals surface area contributed by atoms with Crippen LogP contribution in [0.5, 0.6) is 5.75 Å². The molecular formula is C10H10ClNO2. The van der Waals surface area contributed by atoms with Crippen molar-refractivity contribution in [3.05, 3.63) is 35.1 Å². The van der Waals surface area contributed by atoms with Crippen LogP contribution in [0.1, 0.15) is 16.2 Å². The minimum atomic E-state index is 0.174. The smallest absolute Gasteiger partial charge is 0.172 e. The van der Waals surface area contributed by atoms with Crippen LogP contribution in [0.25, 0.3) is 0 Å². The first-order valence-electron chi connectivity index (χ1n) is 4.02. The van der Waals surface area contributed by atoms with E-state index in [4.69, 9.17) is 16.3 Å². The Labute approximate surface area is 87.4 Å². The van der Waals surface area contributed by atoms with Gasteiger partial charge in [-0.05, 0) is 19.1 Å². The van der Waals surface area contributed by atoms with Crippen molar-refractivity contribution in [2.75, 3.05) is 6.61 Å². The van der Waals surface area contributed by atoms with Crippen molar-refractivity contribution in [2.45, 2.75) is 6.92 Å². The molecule has 0 bridgehead atoms. The van der Waals surface area contributed by atoms with Crippen molar-refractivity contribution in [3.63, 3.8) is 0 Å². The second kappa shape index (κ2) is 4.77. The molecule has 74 valence electrons. The van der Waals surface area contributed by atoms with Crippen molar-refractivity contribution in [3.8, 4) is 5.75 Å². The zero-order chi connectivity index (χ0) is 10.6. The predicted octanol–water partition coefficient (Wildman–Crippen LogP) is 2.33. The van der Waals surface area contributed by atoms with Gasteiger partial charge in [-0.2, -0.15) is 0 Å². The molecule has 1 rings (SSSR count). The third-order valence-corrected chi connectivity index (χ3v) is 1.63. The van der Waals surface area contributed by atoms with Crippen molar-refractivity contribution >= 4 is 17.9 Å². The summed E-state index contributed by atoms with van der Waals surface area (Å²) in [5, 5.41) is 0.377. The molecule has 0 spiro atoms. The lowest BCUT2D eigenvalue weighted by Gasteiger charge is -2.06. The Kier molecular flexibility index (Phi) is 3.65. The van der Waals surface area contributed by atoms with Gasteiger partial charge in [-0.1, -0.05) is 18.2 Å². The van der Waals surface area contributed by atoms with Crippen LogP contribution in [0.2, 0.25) is 0 Å². The van der Waals surface area contributed by atoms with Crippen molar-refractivity contribution in [2.24, 2.45) is 0 Å². The third-order valence-electron chi connectivity index (χ3n) is 1.52. The van der Waals surface area contributed by atoms with E-state index in [2.05, 4.69) is 11.6 Å². The van der Waals surface area contributed by atoms with Gasteiger partial charge in [-0.3, -0.25) is 4.79 Å². The molecule has 4 heteroatoms. The minimum absolute atomic E-state index is 0.174. The van der Waals surface area contributed by atoms with E-state index in [1.807, 2.05) is 0 Å². The van der Waals surface area contributed by atoms with E-state index in [1.54, 1.807) is 19.1 Å². The molecule has 0 unspecified atom stereocenters. The molecular weight excluding hydrogens is 202 g/mol. The molecule has 1 aromatic rings. The van der Waals surface area contributed by atoms with Crippen LogP contribution in [0, 0.1) is 6.92 Å². The molecule has 0 fully saturated rings. The van der Waals surface area contributed by atoms with Crippen molar-refractivity contribution < 1.29 is 9.53 Å². The van der Waals surface area contributed by atoms with Gasteiger partial charge < -0.3 is 4.74 Å². The maximum absolute atomic E-state index is 10.6. The SMILES string of the molecule is C=C(Cl)COc1ccc(C)nc1C=O. The van der Waals surface area contributed by atoms with E-state index in [0.717, 1.165) is 5.69 Å². The average molecular weight is 212 g/mol. The van der Waals surface area contributed by atoms with Crippen LogP contribution in [0.15, 0.2) is 23.7 Å². The Bertz CT molecular complexity index is 363. The highest BCUT2D eigenvalue weighted by atomic mass is 35.5. The highest BCUT2D eigenvalue weighted by molar-refractivity contribution is 6.29. The van der Waals surface area contributed by atoms with Crippen LogP contribution in [0.4, 0.5) is 0 Å². The van der Waals surface area contributed by atoms with Crippen molar-refractivity contribution in [1.29, 1.82) is 0 Å². The van der Waals surface area contributed by atoms with Gasteiger partial charge in [0, 0.05) is 10.7 Å². The molecule has 0 N–H and O–H groups in total. The lowest BCUT2D eigenvalue weighted by molar-refractivity contribution is 0.111. The molecule has 0 atom stereocenters. The van der Waals surface area contributed by atoms with Gasteiger partial charge in [0.1, 0.15) is 18.1 Å². The summed E-state index contributed by atoms with van der Waals surface area (Å²) in [4.78, 5) is 14.6. The Morgan fingerprint density at radius 1 is 1.71 bits per heavy atom. The summed E-state index contributed by atoms with van der Waals surface area (Å²) in [6.45, 7) is 5.45. The Balaban J connectivity index is 2.85. The van der Waals surface area contributed by atoms with Crippen LogP contribution in [0.3, 0.4) is 0 Å². The summed E-state index contributed by atoms with van der Waals surface area (Å²) in [7, 11) is 0. The molecule has 1 aromatic heterocycles. The molecule has 14 heavy (non-hydrogen) atoms. The van der Waals surface area contributed by atoms with E-state index in [1.165, 1.54) is 0 Å². The fourth-order valence-electron chi connectivity index (χ4n) is 0.927. The number of pyridine rings is 1. The van der Waals surface area contributed by atoms with Gasteiger partial charge in [-0.25, -0.2) is 4.98 Å². The highest BCUT2D eigenvalue weighted by Gasteiger charge is 2.04. The van der Waals surface area contributed by atoms with Gasteiger partial charge >= 0.3 is 0 Å². The summed E-state index contributed by atoms with van der Waals surface area (Å²) in [5.41, 5.74) is 1.05. The van der Waals surface area contributed by atoms with Crippen molar-refractivity contribution in [1.82, 2.24) is 4.98 Å². The zero-order valence-electron chi connectivity index (χ0n) is 7.79. The Hall–Kier alpha value is -1.35. The second-order valence-corrected chi connectivity index (χ2v) is 3.29. The molecule has 1 heterocycles. The molecule has 0 amide bonds. The lowest BCUT2D eigenvalue weighted by atomic mass is 10.3. The van der Waals surface area contributed by atoms with E-state index >= 15 is 0 Å². The number of aromatic nitrogens is 1. The topological polar surface area (TPSA) is 39.2 Å². The van der Waals surface area contributed by atoms with Crippen LogP contribution in [-0.2, 0) is 0 Å². The average Bonchev–Trinajstić information content (AvgIpc) is 2.15. The van der Waals surface area contributed by atoms with Gasteiger partial charge in [0.25, 0.3) is 0 Å². The number of aldehydes is 1. The molecule has 0 radical (unpaired) electrons. The summed E-state index contributed by atoms with van der Waals surface area (Å²) >= 11 is 5.53. The summed E-state index contributed by atoms with van der Waals surface area (Å²) < 4.78 is 5.22. The third kappa shape index (κ3) is 2.85. The first kappa shape index (κ1) is 10.7. The predicted molar refractivity (Wildman–Crippen MR) is 54.8 cm³/mol. The second-order valence-electron chi connectivity index (χ2n) is 2.76. The Morgan fingerprint density at radius 2 is 2.43 bits per heavy atom. The fourth-order valence-corrected chi connectivity index (χ4v) is 0.981. The van der Waals surface area contributed by atoms with E-state index < -0.39 is 0 Å². The standard InChI is InChI=1S/C10H10ClNO2/c1-7(11)6-14-10-4-3-8(2)12-9(10)5-13/h3-5H,1,6H2,2H3. The number of carbonyl (C=O) groups is 1. The molecule has 0 aliphatic rings. The number of aryl methyl sites for hydroxylation is 1. The molecule has 0 aliphatic heterocycles. The van der Waals surface area contributed by atoms with Crippen LogP contribution >= 0.6 is 11.6 Å².